The van der Waals surface area contributed by atoms with Gasteiger partial charge in [-0.15, -0.1) is 0 Å². The lowest BCUT2D eigenvalue weighted by Crippen LogP contribution is -2.56. The molecule has 3 N–H and O–H groups in total. The van der Waals surface area contributed by atoms with Crippen molar-refractivity contribution in [3.63, 3.8) is 0 Å². The Morgan fingerprint density at radius 3 is 2.79 bits per heavy atom. The summed E-state index contributed by atoms with van der Waals surface area (Å²) in [7, 11) is 1.67. The van der Waals surface area contributed by atoms with Gasteiger partial charge in [0.1, 0.15) is 5.82 Å². The quantitative estimate of drug-likeness (QED) is 0.722. The first-order valence-electron chi connectivity index (χ1n) is 9.55. The zero-order valence-corrected chi connectivity index (χ0v) is 15.8. The minimum atomic E-state index is -0.0868. The second-order valence-corrected chi connectivity index (χ2v) is 7.49. The number of aromatic nitrogens is 2. The number of nitrogens with two attached hydrogens (primary N) is 1. The van der Waals surface area contributed by atoms with Crippen LogP contribution in [0.15, 0.2) is 29.2 Å². The van der Waals surface area contributed by atoms with Crippen molar-refractivity contribution in [3.8, 4) is 6.07 Å². The molecule has 9 heteroatoms. The smallest absolute Gasteiger partial charge is 0.229 e. The van der Waals surface area contributed by atoms with Gasteiger partial charge in [-0.25, -0.2) is 4.98 Å². The maximum absolute atomic E-state index is 12.8. The second kappa shape index (κ2) is 7.46. The first-order chi connectivity index (χ1) is 13.6. The molecule has 1 saturated carbocycles. The first-order valence-corrected chi connectivity index (χ1v) is 9.55. The molecule has 3 heterocycles. The number of anilines is 2. The van der Waals surface area contributed by atoms with Crippen LogP contribution < -0.4 is 16.0 Å². The van der Waals surface area contributed by atoms with Gasteiger partial charge < -0.3 is 20.9 Å². The maximum Gasteiger partial charge on any atom is 0.229 e. The van der Waals surface area contributed by atoms with Gasteiger partial charge in [0.2, 0.25) is 11.9 Å². The molecule has 3 fully saturated rings. The van der Waals surface area contributed by atoms with Gasteiger partial charge in [0.25, 0.3) is 0 Å². The number of aliphatic imine (C=N–C) groups is 1. The molecule has 2 saturated heterocycles. The lowest BCUT2D eigenvalue weighted by molar-refractivity contribution is -0.136. The molecule has 1 unspecified atom stereocenters. The van der Waals surface area contributed by atoms with Gasteiger partial charge in [-0.3, -0.25) is 9.79 Å². The number of rotatable bonds is 5. The summed E-state index contributed by atoms with van der Waals surface area (Å²) in [6.07, 6.45) is 7.45. The molecule has 2 aliphatic heterocycles. The number of carbonyl (C=O) groups excluding carboxylic acids is 1. The van der Waals surface area contributed by atoms with E-state index >= 15 is 0 Å². The molecule has 2 bridgehead atoms. The molecule has 9 nitrogen and oxygen atoms in total. The summed E-state index contributed by atoms with van der Waals surface area (Å²) in [4.78, 5) is 29.8. The van der Waals surface area contributed by atoms with E-state index in [4.69, 9.17) is 11.0 Å². The summed E-state index contributed by atoms with van der Waals surface area (Å²) in [6, 6.07) is 4.48. The molecule has 1 aromatic rings. The van der Waals surface area contributed by atoms with E-state index < -0.39 is 0 Å². The van der Waals surface area contributed by atoms with Crippen molar-refractivity contribution in [2.45, 2.75) is 31.3 Å². The van der Waals surface area contributed by atoms with E-state index in [1.807, 2.05) is 11.0 Å². The summed E-state index contributed by atoms with van der Waals surface area (Å²) in [5, 5.41) is 12.1. The van der Waals surface area contributed by atoms with E-state index in [0.29, 0.717) is 18.1 Å². The fourth-order valence-corrected chi connectivity index (χ4v) is 4.22. The number of amides is 1. The molecule has 1 aromatic heterocycles. The average molecular weight is 380 g/mol. The highest BCUT2D eigenvalue weighted by atomic mass is 16.2. The van der Waals surface area contributed by atoms with Crippen LogP contribution in [0.4, 0.5) is 11.8 Å². The van der Waals surface area contributed by atoms with E-state index in [9.17, 15) is 4.79 Å². The summed E-state index contributed by atoms with van der Waals surface area (Å²) < 4.78 is 0. The topological polar surface area (TPSA) is 124 Å². The Hall–Kier alpha value is -3.15. The number of nitrogens with one attached hydrogen (secondary N) is 1. The SMILES string of the molecule is CN=CC(=CN)Nc1nccc(N2CC3CC[C@H](C2)N3C(=O)[C@@H]2C[C@@H]2C#N)n1. The van der Waals surface area contributed by atoms with Crippen LogP contribution in [-0.2, 0) is 4.79 Å². The molecule has 0 radical (unpaired) electrons. The summed E-state index contributed by atoms with van der Waals surface area (Å²) in [6.45, 7) is 1.50. The third kappa shape index (κ3) is 3.38. The predicted molar refractivity (Wildman–Crippen MR) is 105 cm³/mol. The zero-order valence-electron chi connectivity index (χ0n) is 15.8. The Balaban J connectivity index is 1.46. The lowest BCUT2D eigenvalue weighted by atomic mass is 10.1. The van der Waals surface area contributed by atoms with Crippen LogP contribution in [0.25, 0.3) is 0 Å². The fraction of sp³-hybridized carbons (Fsp3) is 0.526. The van der Waals surface area contributed by atoms with Crippen molar-refractivity contribution >= 4 is 23.9 Å². The number of nitriles is 1. The van der Waals surface area contributed by atoms with Gasteiger partial charge in [-0.1, -0.05) is 0 Å². The normalized spacial score (nSPS) is 29.1. The van der Waals surface area contributed by atoms with E-state index in [-0.39, 0.29) is 29.8 Å². The molecular formula is C19H24N8O. The zero-order chi connectivity index (χ0) is 19.7. The molecular weight excluding hydrogens is 356 g/mol. The van der Waals surface area contributed by atoms with Crippen LogP contribution in [0.3, 0.4) is 0 Å². The molecule has 28 heavy (non-hydrogen) atoms. The Morgan fingerprint density at radius 2 is 2.18 bits per heavy atom. The molecule has 0 aromatic carbocycles. The van der Waals surface area contributed by atoms with Gasteiger partial charge in [0, 0.05) is 50.8 Å². The highest BCUT2D eigenvalue weighted by Gasteiger charge is 2.51. The molecule has 1 amide bonds. The molecule has 0 spiro atoms. The van der Waals surface area contributed by atoms with Gasteiger partial charge in [0.15, 0.2) is 0 Å². The molecule has 146 valence electrons. The van der Waals surface area contributed by atoms with Gasteiger partial charge in [-0.05, 0) is 25.3 Å². The third-order valence-electron chi connectivity index (χ3n) is 5.68. The number of hydrogen-bond acceptors (Lipinski definition) is 8. The first kappa shape index (κ1) is 18.2. The lowest BCUT2D eigenvalue weighted by Gasteiger charge is -2.41. The standard InChI is InChI=1S/C19H24N8O/c1-22-9-13(8-21)24-19-23-5-4-17(25-19)26-10-14-2-3-15(11-26)27(14)18(28)16-6-12(16)7-20/h4-5,8-9,12,14-16H,2-3,6,10-11,21H2,1H3,(H,23,24,25)/t12-,14-,15?,16-/m1/s1. The number of piperazine rings is 1. The Morgan fingerprint density at radius 1 is 1.43 bits per heavy atom. The van der Waals surface area contributed by atoms with Crippen molar-refractivity contribution in [1.82, 2.24) is 14.9 Å². The summed E-state index contributed by atoms with van der Waals surface area (Å²) >= 11 is 0. The van der Waals surface area contributed by atoms with Crippen LogP contribution in [0.2, 0.25) is 0 Å². The van der Waals surface area contributed by atoms with E-state index in [1.165, 1.54) is 6.20 Å². The van der Waals surface area contributed by atoms with E-state index in [2.05, 4.69) is 31.2 Å². The number of allylic oxidation sites excluding steroid dienone is 1. The molecule has 4 atom stereocenters. The predicted octanol–water partition coefficient (Wildman–Crippen LogP) is 0.728. The van der Waals surface area contributed by atoms with Crippen LogP contribution in [0, 0.1) is 23.2 Å². The minimum Gasteiger partial charge on any atom is -0.403 e. The number of fused-ring (bicyclic) bond motifs is 2. The Labute approximate surface area is 163 Å². The average Bonchev–Trinajstić information content (AvgIpc) is 3.46. The van der Waals surface area contributed by atoms with Crippen molar-refractivity contribution < 1.29 is 4.79 Å². The highest BCUT2D eigenvalue weighted by molar-refractivity contribution is 5.84. The van der Waals surface area contributed by atoms with Gasteiger partial charge >= 0.3 is 0 Å². The largest absolute Gasteiger partial charge is 0.403 e. The second-order valence-electron chi connectivity index (χ2n) is 7.49. The summed E-state index contributed by atoms with van der Waals surface area (Å²) in [5.41, 5.74) is 6.20. The Kier molecular flexibility index (Phi) is 4.86. The monoisotopic (exact) mass is 380 g/mol. The van der Waals surface area contributed by atoms with Crippen LogP contribution in [0.1, 0.15) is 19.3 Å². The number of nitrogens with zero attached hydrogens (tertiary/aromatic N) is 6. The number of carbonyl (C=O) groups is 1. The summed E-state index contributed by atoms with van der Waals surface area (Å²) in [5.74, 6) is 1.27. The van der Waals surface area contributed by atoms with Gasteiger partial charge in [-0.2, -0.15) is 10.2 Å². The maximum atomic E-state index is 12.8. The minimum absolute atomic E-state index is 0.0862. The molecule has 1 aliphatic carbocycles. The van der Waals surface area contributed by atoms with Crippen molar-refractivity contribution in [2.75, 3.05) is 30.4 Å². The third-order valence-corrected chi connectivity index (χ3v) is 5.68. The van der Waals surface area contributed by atoms with Crippen molar-refractivity contribution in [2.24, 2.45) is 22.6 Å². The van der Waals surface area contributed by atoms with E-state index in [1.54, 1.807) is 19.5 Å². The Bertz CT molecular complexity index is 846. The van der Waals surface area contributed by atoms with Crippen molar-refractivity contribution in [1.29, 1.82) is 5.26 Å². The van der Waals surface area contributed by atoms with Gasteiger partial charge in [0.05, 0.1) is 23.6 Å². The molecule has 3 aliphatic rings. The van der Waals surface area contributed by atoms with Crippen molar-refractivity contribution in [3.05, 3.63) is 24.2 Å². The van der Waals surface area contributed by atoms with E-state index in [0.717, 1.165) is 31.7 Å². The number of hydrogen-bond donors (Lipinski definition) is 2. The van der Waals surface area contributed by atoms with Crippen LogP contribution in [0.5, 0.6) is 0 Å². The van der Waals surface area contributed by atoms with Crippen LogP contribution in [-0.4, -0.2) is 59.2 Å². The van der Waals surface area contributed by atoms with Crippen LogP contribution >= 0.6 is 0 Å². The molecule has 4 rings (SSSR count). The fourth-order valence-electron chi connectivity index (χ4n) is 4.22. The highest BCUT2D eigenvalue weighted by Crippen LogP contribution is 2.43.